The minimum absolute atomic E-state index is 0.0336. The van der Waals surface area contributed by atoms with Gasteiger partial charge in [0.25, 0.3) is 0 Å². The molecular weight excluding hydrogens is 487 g/mol. The van der Waals surface area contributed by atoms with Gasteiger partial charge < -0.3 is 25.6 Å². The fourth-order valence-corrected chi connectivity index (χ4v) is 4.96. The Hall–Kier alpha value is -3.70. The molecule has 2 heterocycles. The fraction of sp³-hybridized carbons (Fsp3) is 0.407. The van der Waals surface area contributed by atoms with Crippen LogP contribution in [0.25, 0.3) is 0 Å². The van der Waals surface area contributed by atoms with Crippen molar-refractivity contribution in [2.45, 2.75) is 45.0 Å². The zero-order valence-corrected chi connectivity index (χ0v) is 21.7. The number of hydrogen-bond acceptors (Lipinski definition) is 7. The molecule has 4 amide bonds. The molecule has 0 radical (unpaired) electrons. The predicted octanol–water partition coefficient (Wildman–Crippen LogP) is 1.38. The van der Waals surface area contributed by atoms with Crippen molar-refractivity contribution in [3.05, 3.63) is 64.7 Å². The highest BCUT2D eigenvalue weighted by atomic mass is 16.5. The van der Waals surface area contributed by atoms with Crippen molar-refractivity contribution in [3.63, 3.8) is 0 Å². The summed E-state index contributed by atoms with van der Waals surface area (Å²) in [7, 11) is -1.18. The number of urea groups is 1. The number of carbonyl (C=O) groups is 4. The lowest BCUT2D eigenvalue weighted by atomic mass is 9.64. The molecule has 2 atom stereocenters. The predicted molar refractivity (Wildman–Crippen MR) is 141 cm³/mol. The van der Waals surface area contributed by atoms with E-state index in [4.69, 9.17) is 10.4 Å². The van der Waals surface area contributed by atoms with Gasteiger partial charge in [0, 0.05) is 31.9 Å². The van der Waals surface area contributed by atoms with E-state index in [0.29, 0.717) is 37.2 Å². The average Bonchev–Trinajstić information content (AvgIpc) is 2.90. The molecule has 0 aromatic heterocycles. The lowest BCUT2D eigenvalue weighted by Gasteiger charge is -2.33. The summed E-state index contributed by atoms with van der Waals surface area (Å²) in [6.07, 6.45) is 1.03. The van der Waals surface area contributed by atoms with Gasteiger partial charge in [0.15, 0.2) is 5.78 Å². The van der Waals surface area contributed by atoms with Crippen molar-refractivity contribution < 1.29 is 28.9 Å². The molecule has 4 N–H and O–H groups in total. The maximum atomic E-state index is 13.6. The van der Waals surface area contributed by atoms with Crippen LogP contribution in [-0.2, 0) is 27.2 Å². The number of para-hydroxylation sites is 1. The van der Waals surface area contributed by atoms with E-state index in [9.17, 15) is 24.2 Å². The Labute approximate surface area is 222 Å². The van der Waals surface area contributed by atoms with Crippen LogP contribution >= 0.6 is 0 Å². The van der Waals surface area contributed by atoms with Gasteiger partial charge in [-0.05, 0) is 55.5 Å². The van der Waals surface area contributed by atoms with Crippen molar-refractivity contribution in [1.29, 1.82) is 0 Å². The Kier molecular flexibility index (Phi) is 8.48. The Balaban J connectivity index is 1.55. The zero-order chi connectivity index (χ0) is 27.4. The molecular formula is C27H33BN4O6. The molecule has 0 aliphatic carbocycles. The summed E-state index contributed by atoms with van der Waals surface area (Å²) in [4.78, 5) is 53.9. The van der Waals surface area contributed by atoms with Crippen LogP contribution in [0.5, 0.6) is 5.75 Å². The van der Waals surface area contributed by atoms with Crippen molar-refractivity contribution in [2.75, 3.05) is 26.2 Å². The fourth-order valence-electron chi connectivity index (χ4n) is 4.96. The zero-order valence-electron chi connectivity index (χ0n) is 21.7. The summed E-state index contributed by atoms with van der Waals surface area (Å²) in [6.45, 7) is 4.75. The number of imide groups is 1. The van der Waals surface area contributed by atoms with E-state index in [1.807, 2.05) is 37.3 Å². The Bertz CT molecular complexity index is 1220. The number of carbonyl (C=O) groups excluding carboxylic acids is 4. The lowest BCUT2D eigenvalue weighted by molar-refractivity contribution is -0.153. The van der Waals surface area contributed by atoms with Gasteiger partial charge in [0.05, 0.1) is 0 Å². The number of ketones is 1. The van der Waals surface area contributed by atoms with Crippen molar-refractivity contribution in [2.24, 2.45) is 5.73 Å². The maximum Gasteiger partial charge on any atom is 0.526 e. The molecule has 0 bridgehead atoms. The number of aryl methyl sites for hydroxylation is 1. The second-order valence-corrected chi connectivity index (χ2v) is 9.71. The monoisotopic (exact) mass is 520 g/mol. The second-order valence-electron chi connectivity index (χ2n) is 9.71. The van der Waals surface area contributed by atoms with Crippen LogP contribution in [0, 0.1) is 6.92 Å². The number of nitrogens with two attached hydrogens (primary N) is 1. The SMILES string of the molecule is CCN1CCN(C(=O)NC(C(=O)C[C@H]2Cc3cccc(C)c3OB2O)c2ccc(CCN)cc2)C(=O)C1=O. The summed E-state index contributed by atoms with van der Waals surface area (Å²) < 4.78 is 5.74. The summed E-state index contributed by atoms with van der Waals surface area (Å²) in [5, 5.41) is 13.3. The summed E-state index contributed by atoms with van der Waals surface area (Å²) in [6, 6.07) is 10.9. The van der Waals surface area contributed by atoms with Gasteiger partial charge in [0.2, 0.25) is 0 Å². The molecule has 2 aliphatic rings. The third-order valence-corrected chi connectivity index (χ3v) is 7.15. The normalized spacial score (nSPS) is 18.1. The number of likely N-dealkylation sites (N-methyl/N-ethyl adjacent to an activating group) is 1. The molecule has 200 valence electrons. The first kappa shape index (κ1) is 27.3. The largest absolute Gasteiger partial charge is 0.536 e. The summed E-state index contributed by atoms with van der Waals surface area (Å²) in [5.74, 6) is -1.93. The number of benzene rings is 2. The summed E-state index contributed by atoms with van der Waals surface area (Å²) in [5.41, 5.74) is 8.95. The Morgan fingerprint density at radius 1 is 1.16 bits per heavy atom. The van der Waals surface area contributed by atoms with Crippen LogP contribution in [0.2, 0.25) is 5.82 Å². The molecule has 0 spiro atoms. The molecule has 2 aliphatic heterocycles. The number of piperazine rings is 1. The third-order valence-electron chi connectivity index (χ3n) is 7.15. The van der Waals surface area contributed by atoms with Crippen LogP contribution in [0.1, 0.15) is 41.6 Å². The molecule has 2 aromatic carbocycles. The number of Topliss-reactive ketones (excluding diaryl/α,β-unsaturated/α-hetero) is 1. The summed E-state index contributed by atoms with van der Waals surface area (Å²) >= 11 is 0. The van der Waals surface area contributed by atoms with Crippen molar-refractivity contribution in [1.82, 2.24) is 15.1 Å². The number of rotatable bonds is 8. The van der Waals surface area contributed by atoms with Gasteiger partial charge in [0.1, 0.15) is 11.8 Å². The Morgan fingerprint density at radius 2 is 1.89 bits per heavy atom. The molecule has 38 heavy (non-hydrogen) atoms. The first-order chi connectivity index (χ1) is 18.2. The van der Waals surface area contributed by atoms with E-state index in [1.54, 1.807) is 19.1 Å². The van der Waals surface area contributed by atoms with Crippen LogP contribution in [0.15, 0.2) is 42.5 Å². The highest BCUT2D eigenvalue weighted by molar-refractivity contribution is 6.46. The van der Waals surface area contributed by atoms with Gasteiger partial charge in [-0.15, -0.1) is 0 Å². The minimum Gasteiger partial charge on any atom is -0.536 e. The first-order valence-electron chi connectivity index (χ1n) is 12.9. The van der Waals surface area contributed by atoms with Crippen molar-refractivity contribution >= 4 is 30.7 Å². The van der Waals surface area contributed by atoms with E-state index < -0.39 is 36.8 Å². The molecule has 1 saturated heterocycles. The molecule has 11 heteroatoms. The van der Waals surface area contributed by atoms with E-state index >= 15 is 0 Å². The van der Waals surface area contributed by atoms with Gasteiger partial charge in [-0.1, -0.05) is 42.5 Å². The topological polar surface area (TPSA) is 142 Å². The van der Waals surface area contributed by atoms with Gasteiger partial charge in [-0.3, -0.25) is 19.3 Å². The number of hydrogen-bond donors (Lipinski definition) is 3. The second kappa shape index (κ2) is 11.8. The van der Waals surface area contributed by atoms with Crippen LogP contribution in [0.4, 0.5) is 4.79 Å². The molecule has 1 fully saturated rings. The Morgan fingerprint density at radius 3 is 2.58 bits per heavy atom. The molecule has 4 rings (SSSR count). The number of nitrogens with one attached hydrogen (secondary N) is 1. The maximum absolute atomic E-state index is 13.6. The van der Waals surface area contributed by atoms with Gasteiger partial charge in [-0.25, -0.2) is 4.79 Å². The average molecular weight is 520 g/mol. The number of amides is 4. The van der Waals surface area contributed by atoms with Crippen molar-refractivity contribution in [3.8, 4) is 5.75 Å². The molecule has 10 nitrogen and oxygen atoms in total. The molecule has 1 unspecified atom stereocenters. The van der Waals surface area contributed by atoms with Gasteiger partial charge >= 0.3 is 25.0 Å². The van der Waals surface area contributed by atoms with E-state index in [2.05, 4.69) is 5.32 Å². The third kappa shape index (κ3) is 5.73. The first-order valence-corrected chi connectivity index (χ1v) is 12.9. The number of fused-ring (bicyclic) bond motifs is 1. The van der Waals surface area contributed by atoms with Gasteiger partial charge in [-0.2, -0.15) is 0 Å². The van der Waals surface area contributed by atoms with E-state index in [-0.39, 0.29) is 25.3 Å². The number of nitrogens with zero attached hydrogens (tertiary/aromatic N) is 2. The minimum atomic E-state index is -1.18. The lowest BCUT2D eigenvalue weighted by Crippen LogP contribution is -2.58. The highest BCUT2D eigenvalue weighted by Crippen LogP contribution is 2.36. The highest BCUT2D eigenvalue weighted by Gasteiger charge is 2.40. The van der Waals surface area contributed by atoms with Crippen LogP contribution < -0.4 is 15.7 Å². The van der Waals surface area contributed by atoms with E-state index in [1.165, 1.54) is 4.90 Å². The van der Waals surface area contributed by atoms with Crippen LogP contribution in [0.3, 0.4) is 0 Å². The molecule has 0 saturated carbocycles. The molecule has 2 aromatic rings. The van der Waals surface area contributed by atoms with Crippen LogP contribution in [-0.4, -0.2) is 71.7 Å². The van der Waals surface area contributed by atoms with E-state index in [0.717, 1.165) is 21.6 Å². The standard InChI is InChI=1S/C27H33BN4O6/c1-3-31-13-14-32(26(35)25(31)34)27(36)30-23(19-9-7-18(8-10-19)11-12-29)22(33)16-21-15-20-6-4-5-17(2)24(20)38-28(21)37/h4-10,21,23,37H,3,11-16,29H2,1-2H3,(H,30,36)/t21-,23?/m1/s1. The quantitative estimate of drug-likeness (QED) is 0.353. The smallest absolute Gasteiger partial charge is 0.526 e.